The van der Waals surface area contributed by atoms with Gasteiger partial charge >= 0.3 is 0 Å². The lowest BCUT2D eigenvalue weighted by molar-refractivity contribution is -0.128. The van der Waals surface area contributed by atoms with Crippen LogP contribution in [-0.4, -0.2) is 32.5 Å². The molecule has 25 heavy (non-hydrogen) atoms. The van der Waals surface area contributed by atoms with Gasteiger partial charge in [0.25, 0.3) is 5.89 Å². The van der Waals surface area contributed by atoms with Crippen molar-refractivity contribution in [3.8, 4) is 11.5 Å². The summed E-state index contributed by atoms with van der Waals surface area (Å²) in [6.07, 6.45) is 3.65. The number of hydrogen-bond donors (Lipinski definition) is 0. The number of halogens is 1. The molecule has 1 aromatic carbocycles. The Morgan fingerprint density at radius 1 is 1.16 bits per heavy atom. The van der Waals surface area contributed by atoms with Gasteiger partial charge in [0, 0.05) is 43.4 Å². The van der Waals surface area contributed by atoms with E-state index in [1.54, 1.807) is 41.6 Å². The molecular formula is C18H15FN4O2. The van der Waals surface area contributed by atoms with E-state index in [9.17, 15) is 9.18 Å². The number of hydrogen-bond acceptors (Lipinski definition) is 5. The van der Waals surface area contributed by atoms with Gasteiger partial charge in [-0.2, -0.15) is 4.98 Å². The molecule has 1 saturated heterocycles. The summed E-state index contributed by atoms with van der Waals surface area (Å²) in [7, 11) is 0. The van der Waals surface area contributed by atoms with Crippen LogP contribution in [0.2, 0.25) is 0 Å². The highest BCUT2D eigenvalue weighted by Crippen LogP contribution is 2.29. The molecule has 3 aromatic rings. The van der Waals surface area contributed by atoms with Gasteiger partial charge in [-0.25, -0.2) is 4.39 Å². The lowest BCUT2D eigenvalue weighted by atomic mass is 10.1. The van der Waals surface area contributed by atoms with E-state index in [0.29, 0.717) is 31.2 Å². The van der Waals surface area contributed by atoms with Gasteiger partial charge in [0.05, 0.1) is 0 Å². The second-order valence-corrected chi connectivity index (χ2v) is 6.00. The summed E-state index contributed by atoms with van der Waals surface area (Å²) in [5.74, 6) is 0.588. The van der Waals surface area contributed by atoms with E-state index in [0.717, 1.165) is 11.1 Å². The van der Waals surface area contributed by atoms with Gasteiger partial charge in [-0.05, 0) is 29.8 Å². The number of amides is 1. The summed E-state index contributed by atoms with van der Waals surface area (Å²) in [6.45, 7) is 0.968. The smallest absolute Gasteiger partial charge is 0.258 e. The van der Waals surface area contributed by atoms with E-state index in [4.69, 9.17) is 4.52 Å². The largest absolute Gasteiger partial charge is 0.338 e. The lowest BCUT2D eigenvalue weighted by Gasteiger charge is -2.16. The number of rotatable bonds is 4. The first kappa shape index (κ1) is 15.4. The van der Waals surface area contributed by atoms with Crippen molar-refractivity contribution in [1.29, 1.82) is 0 Å². The number of pyridine rings is 1. The van der Waals surface area contributed by atoms with Gasteiger partial charge in [-0.1, -0.05) is 17.3 Å². The molecule has 0 radical (unpaired) electrons. The maximum Gasteiger partial charge on any atom is 0.258 e. The zero-order chi connectivity index (χ0) is 17.2. The molecular weight excluding hydrogens is 323 g/mol. The minimum atomic E-state index is -0.287. The maximum atomic E-state index is 13.0. The monoisotopic (exact) mass is 338 g/mol. The second-order valence-electron chi connectivity index (χ2n) is 6.00. The number of carbonyl (C=O) groups excluding carboxylic acids is 1. The molecule has 1 amide bonds. The summed E-state index contributed by atoms with van der Waals surface area (Å²) in [5, 5.41) is 4.03. The average Bonchev–Trinajstić information content (AvgIpc) is 3.25. The third kappa shape index (κ3) is 3.26. The van der Waals surface area contributed by atoms with Crippen LogP contribution in [0.4, 0.5) is 4.39 Å². The molecule has 1 fully saturated rings. The highest BCUT2D eigenvalue weighted by atomic mass is 19.1. The van der Waals surface area contributed by atoms with E-state index in [-0.39, 0.29) is 17.6 Å². The Hall–Kier alpha value is -3.09. The van der Waals surface area contributed by atoms with Gasteiger partial charge in [0.1, 0.15) is 5.82 Å². The van der Waals surface area contributed by atoms with Crippen molar-refractivity contribution in [2.75, 3.05) is 6.54 Å². The highest BCUT2D eigenvalue weighted by molar-refractivity contribution is 5.79. The molecule has 3 heterocycles. The first-order chi connectivity index (χ1) is 12.2. The minimum Gasteiger partial charge on any atom is -0.338 e. The Labute approximate surface area is 143 Å². The summed E-state index contributed by atoms with van der Waals surface area (Å²) in [4.78, 5) is 22.4. The number of nitrogens with zero attached hydrogens (tertiary/aromatic N) is 4. The summed E-state index contributed by atoms with van der Waals surface area (Å²) in [6, 6.07) is 9.74. The van der Waals surface area contributed by atoms with Crippen LogP contribution < -0.4 is 0 Å². The van der Waals surface area contributed by atoms with Crippen LogP contribution >= 0.6 is 0 Å². The topological polar surface area (TPSA) is 72.1 Å². The molecule has 126 valence electrons. The Morgan fingerprint density at radius 2 is 1.92 bits per heavy atom. The van der Waals surface area contributed by atoms with E-state index >= 15 is 0 Å². The zero-order valence-corrected chi connectivity index (χ0v) is 13.3. The molecule has 0 aliphatic carbocycles. The molecule has 2 aromatic heterocycles. The molecule has 7 heteroatoms. The Balaban J connectivity index is 1.47. The van der Waals surface area contributed by atoms with Crippen LogP contribution in [-0.2, 0) is 11.3 Å². The fourth-order valence-electron chi connectivity index (χ4n) is 2.92. The van der Waals surface area contributed by atoms with Crippen molar-refractivity contribution in [2.24, 2.45) is 0 Å². The summed E-state index contributed by atoms with van der Waals surface area (Å²) in [5.41, 5.74) is 1.68. The average molecular weight is 338 g/mol. The molecule has 1 unspecified atom stereocenters. The predicted octanol–water partition coefficient (Wildman–Crippen LogP) is 2.79. The Morgan fingerprint density at radius 3 is 2.68 bits per heavy atom. The normalized spacial score (nSPS) is 17.2. The van der Waals surface area contributed by atoms with Gasteiger partial charge in [-0.3, -0.25) is 9.78 Å². The lowest BCUT2D eigenvalue weighted by Crippen LogP contribution is -2.24. The van der Waals surface area contributed by atoms with Crippen LogP contribution in [0.25, 0.3) is 11.5 Å². The van der Waals surface area contributed by atoms with Crippen LogP contribution in [0.3, 0.4) is 0 Å². The number of carbonyl (C=O) groups is 1. The quantitative estimate of drug-likeness (QED) is 0.731. The Bertz CT molecular complexity index is 880. The van der Waals surface area contributed by atoms with Gasteiger partial charge in [0.15, 0.2) is 5.82 Å². The van der Waals surface area contributed by atoms with Gasteiger partial charge in [0.2, 0.25) is 5.91 Å². The molecule has 0 N–H and O–H groups in total. The fraction of sp³-hybridized carbons (Fsp3) is 0.222. The second kappa shape index (κ2) is 6.43. The summed E-state index contributed by atoms with van der Waals surface area (Å²) < 4.78 is 18.3. The van der Waals surface area contributed by atoms with Gasteiger partial charge < -0.3 is 9.42 Å². The fourth-order valence-corrected chi connectivity index (χ4v) is 2.92. The molecule has 1 aliphatic heterocycles. The molecule has 1 atom stereocenters. The van der Waals surface area contributed by atoms with Crippen LogP contribution in [0.1, 0.15) is 23.7 Å². The molecule has 4 rings (SSSR count). The molecule has 0 saturated carbocycles. The third-order valence-electron chi connectivity index (χ3n) is 4.24. The van der Waals surface area contributed by atoms with Crippen molar-refractivity contribution < 1.29 is 13.7 Å². The molecule has 0 spiro atoms. The first-order valence-corrected chi connectivity index (χ1v) is 7.95. The third-order valence-corrected chi connectivity index (χ3v) is 4.24. The molecule has 6 nitrogen and oxygen atoms in total. The SMILES string of the molecule is O=C1CC(c2noc(-c3ccncc3)n2)CN1Cc1ccc(F)cc1. The predicted molar refractivity (Wildman–Crippen MR) is 86.7 cm³/mol. The van der Waals surface area contributed by atoms with Crippen LogP contribution in [0, 0.1) is 5.82 Å². The van der Waals surface area contributed by atoms with Crippen LogP contribution in [0.15, 0.2) is 53.3 Å². The molecule has 1 aliphatic rings. The van der Waals surface area contributed by atoms with Crippen molar-refractivity contribution >= 4 is 5.91 Å². The highest BCUT2D eigenvalue weighted by Gasteiger charge is 2.33. The molecule has 0 bridgehead atoms. The standard InChI is InChI=1S/C18H15FN4O2/c19-15-3-1-12(2-4-15)10-23-11-14(9-16(23)24)17-21-18(25-22-17)13-5-7-20-8-6-13/h1-8,14H,9-11H2. The van der Waals surface area contributed by atoms with E-state index in [1.165, 1.54) is 12.1 Å². The minimum absolute atomic E-state index is 0.0320. The van der Waals surface area contributed by atoms with Crippen molar-refractivity contribution in [2.45, 2.75) is 18.9 Å². The first-order valence-electron chi connectivity index (χ1n) is 7.95. The van der Waals surface area contributed by atoms with Crippen molar-refractivity contribution in [3.05, 3.63) is 66.0 Å². The van der Waals surface area contributed by atoms with E-state index < -0.39 is 0 Å². The summed E-state index contributed by atoms with van der Waals surface area (Å²) >= 11 is 0. The van der Waals surface area contributed by atoms with E-state index in [2.05, 4.69) is 15.1 Å². The number of aromatic nitrogens is 3. The van der Waals surface area contributed by atoms with Crippen molar-refractivity contribution in [1.82, 2.24) is 20.0 Å². The number of benzene rings is 1. The van der Waals surface area contributed by atoms with Gasteiger partial charge in [-0.15, -0.1) is 0 Å². The maximum absolute atomic E-state index is 13.0. The Kier molecular flexibility index (Phi) is 3.97. The van der Waals surface area contributed by atoms with E-state index in [1.807, 2.05) is 0 Å². The van der Waals surface area contributed by atoms with Crippen molar-refractivity contribution in [3.63, 3.8) is 0 Å². The number of likely N-dealkylation sites (tertiary alicyclic amines) is 1. The zero-order valence-electron chi connectivity index (χ0n) is 13.3. The van der Waals surface area contributed by atoms with Crippen LogP contribution in [0.5, 0.6) is 0 Å².